The molecule has 2 aromatic rings. The number of para-hydroxylation sites is 2. The van der Waals surface area contributed by atoms with E-state index in [9.17, 15) is 24.5 Å². The molecule has 2 atom stereocenters. The van der Waals surface area contributed by atoms with Gasteiger partial charge >= 0.3 is 0 Å². The first-order valence-corrected chi connectivity index (χ1v) is 8.72. The first-order chi connectivity index (χ1) is 13.4. The molecule has 1 saturated heterocycles. The van der Waals surface area contributed by atoms with Crippen molar-refractivity contribution in [2.24, 2.45) is 0 Å². The number of hydrogen-bond acceptors (Lipinski definition) is 6. The number of Topliss-reactive ketones (excluding diaryl/α,β-unsaturated/α-hetero) is 1. The smallest absolute Gasteiger partial charge is 0.292 e. The highest BCUT2D eigenvalue weighted by molar-refractivity contribution is 6.05. The summed E-state index contributed by atoms with van der Waals surface area (Å²) in [5.74, 6) is -1.14. The average Bonchev–Trinajstić information content (AvgIpc) is 3.30. The number of aromatic nitrogens is 2. The summed E-state index contributed by atoms with van der Waals surface area (Å²) in [7, 11) is 0. The lowest BCUT2D eigenvalue weighted by Gasteiger charge is -2.25. The first-order valence-electron chi connectivity index (χ1n) is 8.72. The lowest BCUT2D eigenvalue weighted by molar-refractivity contribution is -0.384. The number of nitro groups is 1. The molecular formula is C18H19N5O5. The van der Waals surface area contributed by atoms with Gasteiger partial charge in [0.25, 0.3) is 5.69 Å². The van der Waals surface area contributed by atoms with Crippen molar-refractivity contribution in [2.45, 2.75) is 38.3 Å². The van der Waals surface area contributed by atoms with Crippen LogP contribution in [0.4, 0.5) is 11.4 Å². The Morgan fingerprint density at radius 3 is 2.82 bits per heavy atom. The second-order valence-electron chi connectivity index (χ2n) is 6.52. The second-order valence-corrected chi connectivity index (χ2v) is 6.52. The Morgan fingerprint density at radius 2 is 2.18 bits per heavy atom. The number of nitrogens with one attached hydrogen (secondary N) is 2. The third-order valence-corrected chi connectivity index (χ3v) is 4.64. The van der Waals surface area contributed by atoms with E-state index in [1.807, 2.05) is 0 Å². The number of carbonyl (C=O) groups excluding carboxylic acids is 3. The molecule has 28 heavy (non-hydrogen) atoms. The van der Waals surface area contributed by atoms with Gasteiger partial charge in [0, 0.05) is 30.8 Å². The number of hydrogen-bond donors (Lipinski definition) is 2. The monoisotopic (exact) mass is 385 g/mol. The third kappa shape index (κ3) is 3.90. The molecule has 0 aliphatic carbocycles. The van der Waals surface area contributed by atoms with E-state index in [1.165, 1.54) is 31.5 Å². The summed E-state index contributed by atoms with van der Waals surface area (Å²) in [6.07, 6.45) is 3.56. The van der Waals surface area contributed by atoms with Crippen LogP contribution in [0.15, 0.2) is 36.8 Å². The van der Waals surface area contributed by atoms with Gasteiger partial charge in [-0.05, 0) is 19.4 Å². The molecule has 1 fully saturated rings. The van der Waals surface area contributed by atoms with Crippen LogP contribution in [0.25, 0.3) is 0 Å². The Bertz CT molecular complexity index is 911. The van der Waals surface area contributed by atoms with Gasteiger partial charge in [0.15, 0.2) is 5.78 Å². The number of H-pyrrole nitrogens is 1. The predicted octanol–water partition coefficient (Wildman–Crippen LogP) is 1.13. The lowest BCUT2D eigenvalue weighted by atomic mass is 10.1. The van der Waals surface area contributed by atoms with Crippen molar-refractivity contribution in [2.75, 3.05) is 4.90 Å². The summed E-state index contributed by atoms with van der Waals surface area (Å²) < 4.78 is 0. The van der Waals surface area contributed by atoms with Gasteiger partial charge < -0.3 is 10.3 Å². The molecular weight excluding hydrogens is 366 g/mol. The maximum absolute atomic E-state index is 12.8. The fourth-order valence-electron chi connectivity index (χ4n) is 3.24. The van der Waals surface area contributed by atoms with Gasteiger partial charge in [0.05, 0.1) is 17.3 Å². The Kier molecular flexibility index (Phi) is 5.48. The number of anilines is 1. The molecule has 2 amide bonds. The highest BCUT2D eigenvalue weighted by Gasteiger charge is 2.40. The molecule has 2 N–H and O–H groups in total. The molecule has 0 unspecified atom stereocenters. The van der Waals surface area contributed by atoms with Crippen molar-refractivity contribution in [1.82, 2.24) is 15.3 Å². The first kappa shape index (κ1) is 19.2. The van der Waals surface area contributed by atoms with Gasteiger partial charge in [-0.2, -0.15) is 0 Å². The number of imidazole rings is 1. The molecule has 0 radical (unpaired) electrons. The van der Waals surface area contributed by atoms with Crippen molar-refractivity contribution in [3.8, 4) is 0 Å². The van der Waals surface area contributed by atoms with Gasteiger partial charge in [-0.1, -0.05) is 12.1 Å². The van der Waals surface area contributed by atoms with Crippen molar-refractivity contribution in [3.63, 3.8) is 0 Å². The van der Waals surface area contributed by atoms with Crippen molar-refractivity contribution in [3.05, 3.63) is 52.6 Å². The molecule has 1 aromatic heterocycles. The lowest BCUT2D eigenvalue weighted by Crippen LogP contribution is -2.50. The number of amides is 2. The van der Waals surface area contributed by atoms with E-state index < -0.39 is 22.9 Å². The highest BCUT2D eigenvalue weighted by atomic mass is 16.6. The minimum atomic E-state index is -0.919. The zero-order chi connectivity index (χ0) is 20.3. The number of carbonyl (C=O) groups is 3. The molecule has 2 heterocycles. The maximum atomic E-state index is 12.8. The highest BCUT2D eigenvalue weighted by Crippen LogP contribution is 2.34. The van der Waals surface area contributed by atoms with Crippen LogP contribution in [0.1, 0.15) is 25.5 Å². The van der Waals surface area contributed by atoms with Crippen LogP contribution >= 0.6 is 0 Å². The number of benzene rings is 1. The number of nitrogens with zero attached hydrogens (tertiary/aromatic N) is 3. The van der Waals surface area contributed by atoms with Crippen LogP contribution in [0.2, 0.25) is 0 Å². The summed E-state index contributed by atoms with van der Waals surface area (Å²) in [5.41, 5.74) is 0.498. The Hall–Kier alpha value is -3.56. The van der Waals surface area contributed by atoms with E-state index in [1.54, 1.807) is 12.3 Å². The van der Waals surface area contributed by atoms with Gasteiger partial charge in [0.1, 0.15) is 11.7 Å². The fourth-order valence-corrected chi connectivity index (χ4v) is 3.24. The molecule has 10 heteroatoms. The van der Waals surface area contributed by atoms with Crippen molar-refractivity contribution < 1.29 is 19.3 Å². The summed E-state index contributed by atoms with van der Waals surface area (Å²) >= 11 is 0. The van der Waals surface area contributed by atoms with Crippen LogP contribution in [0.5, 0.6) is 0 Å². The van der Waals surface area contributed by atoms with E-state index in [2.05, 4.69) is 15.3 Å². The summed E-state index contributed by atoms with van der Waals surface area (Å²) in [6, 6.07) is 4.07. The summed E-state index contributed by atoms with van der Waals surface area (Å²) in [6.45, 7) is 1.36. The largest absolute Gasteiger partial charge is 0.348 e. The van der Waals surface area contributed by atoms with Gasteiger partial charge in [-0.15, -0.1) is 0 Å². The third-order valence-electron chi connectivity index (χ3n) is 4.64. The zero-order valence-electron chi connectivity index (χ0n) is 15.1. The van der Waals surface area contributed by atoms with Crippen molar-refractivity contribution in [1.29, 1.82) is 0 Å². The normalized spacial score (nSPS) is 17.4. The Labute approximate surface area is 160 Å². The van der Waals surface area contributed by atoms with Crippen molar-refractivity contribution >= 4 is 29.0 Å². The van der Waals surface area contributed by atoms with E-state index in [-0.39, 0.29) is 42.3 Å². The number of rotatable bonds is 7. The van der Waals surface area contributed by atoms with Crippen LogP contribution < -0.4 is 10.2 Å². The predicted molar refractivity (Wildman–Crippen MR) is 98.5 cm³/mol. The van der Waals surface area contributed by atoms with Crippen LogP contribution in [0, 0.1) is 10.1 Å². The SMILES string of the molecule is CC(=O)[C@H](Cc1cnc[nH]1)NC(=O)[C@@H]1CCC(=O)N1c1ccccc1[N+](=O)[O-]. The van der Waals surface area contributed by atoms with E-state index in [0.717, 1.165) is 4.90 Å². The summed E-state index contributed by atoms with van der Waals surface area (Å²) in [4.78, 5) is 55.8. The Morgan fingerprint density at radius 1 is 1.43 bits per heavy atom. The molecule has 0 spiro atoms. The fraction of sp³-hybridized carbons (Fsp3) is 0.333. The average molecular weight is 385 g/mol. The molecule has 1 aliphatic rings. The van der Waals surface area contributed by atoms with E-state index in [4.69, 9.17) is 0 Å². The molecule has 3 rings (SSSR count). The second kappa shape index (κ2) is 7.99. The van der Waals surface area contributed by atoms with Gasteiger partial charge in [-0.3, -0.25) is 29.4 Å². The Balaban J connectivity index is 1.83. The summed E-state index contributed by atoms with van der Waals surface area (Å²) in [5, 5.41) is 14.0. The molecule has 10 nitrogen and oxygen atoms in total. The minimum Gasteiger partial charge on any atom is -0.348 e. The standard InChI is InChI=1S/C18H19N5O5/c1-11(24)13(8-12-9-19-10-20-12)21-18(26)16-6-7-17(25)22(16)14-4-2-3-5-15(14)23(27)28/h2-5,9-10,13,16H,6-8H2,1H3,(H,19,20)(H,21,26)/t13-,16-/m0/s1. The zero-order valence-corrected chi connectivity index (χ0v) is 15.1. The van der Waals surface area contributed by atoms with Crippen LogP contribution in [-0.2, 0) is 20.8 Å². The minimum absolute atomic E-state index is 0.0723. The molecule has 0 saturated carbocycles. The molecule has 1 aromatic carbocycles. The molecule has 1 aliphatic heterocycles. The van der Waals surface area contributed by atoms with Gasteiger partial charge in [-0.25, -0.2) is 4.98 Å². The maximum Gasteiger partial charge on any atom is 0.292 e. The van der Waals surface area contributed by atoms with Crippen LogP contribution in [0.3, 0.4) is 0 Å². The topological polar surface area (TPSA) is 138 Å². The molecule has 0 bridgehead atoms. The molecule has 146 valence electrons. The number of ketones is 1. The van der Waals surface area contributed by atoms with E-state index >= 15 is 0 Å². The number of nitro benzene ring substituents is 1. The quantitative estimate of drug-likeness (QED) is 0.541. The van der Waals surface area contributed by atoms with E-state index in [0.29, 0.717) is 5.69 Å². The number of aromatic amines is 1. The van der Waals surface area contributed by atoms with Gasteiger partial charge in [0.2, 0.25) is 11.8 Å². The van der Waals surface area contributed by atoms with Crippen LogP contribution in [-0.4, -0.2) is 44.6 Å².